The van der Waals surface area contributed by atoms with Gasteiger partial charge in [-0.05, 0) is 30.7 Å². The van der Waals surface area contributed by atoms with Gasteiger partial charge in [0.1, 0.15) is 6.04 Å². The van der Waals surface area contributed by atoms with E-state index in [-0.39, 0.29) is 43.5 Å². The van der Waals surface area contributed by atoms with E-state index in [0.29, 0.717) is 29.1 Å². The van der Waals surface area contributed by atoms with Crippen molar-refractivity contribution in [2.45, 2.75) is 39.2 Å². The molecule has 1 atom stereocenters. The van der Waals surface area contributed by atoms with Gasteiger partial charge in [-0.15, -0.1) is 0 Å². The van der Waals surface area contributed by atoms with Crippen LogP contribution in [0.3, 0.4) is 0 Å². The molecule has 1 heterocycles. The first-order valence-electron chi connectivity index (χ1n) is 11.1. The Morgan fingerprint density at radius 2 is 1.35 bits per heavy atom. The largest absolute Gasteiger partial charge is 0.454 e. The third-order valence-electron chi connectivity index (χ3n) is 5.38. The smallest absolute Gasteiger partial charge is 0.329 e. The van der Waals surface area contributed by atoms with Crippen LogP contribution < -0.4 is 10.6 Å². The molecule has 0 saturated heterocycles. The number of amides is 4. The molecule has 196 valence electrons. The number of nitrogens with one attached hydrogen (secondary N) is 2. The molecule has 0 bridgehead atoms. The van der Waals surface area contributed by atoms with Crippen LogP contribution in [0.5, 0.6) is 0 Å². The molecule has 37 heavy (non-hydrogen) atoms. The molecule has 2 aromatic rings. The molecular formula is C24H21Cl4N3O6. The topological polar surface area (TPSA) is 122 Å². The lowest BCUT2D eigenvalue weighted by molar-refractivity contribution is -0.151. The summed E-state index contributed by atoms with van der Waals surface area (Å²) in [6.45, 7) is 2.56. The molecule has 4 amide bonds. The molecule has 1 aliphatic rings. The summed E-state index contributed by atoms with van der Waals surface area (Å²) < 4.78 is 5.16. The van der Waals surface area contributed by atoms with E-state index in [4.69, 9.17) is 51.1 Å². The predicted octanol–water partition coefficient (Wildman–Crippen LogP) is 5.60. The lowest BCUT2D eigenvalue weighted by Gasteiger charge is -2.24. The SMILES string of the molecule is CCCC[C@@H](C(=O)OCC(=O)Nc1ccc(NC(C)=O)cc1)N1C(=O)c2c(Cl)c(Cl)c(Cl)c(Cl)c2C1=O. The van der Waals surface area contributed by atoms with E-state index in [0.717, 1.165) is 0 Å². The zero-order valence-electron chi connectivity index (χ0n) is 19.6. The van der Waals surface area contributed by atoms with Crippen LogP contribution in [0.4, 0.5) is 11.4 Å². The van der Waals surface area contributed by atoms with Gasteiger partial charge in [-0.1, -0.05) is 66.2 Å². The molecule has 9 nitrogen and oxygen atoms in total. The molecule has 0 unspecified atom stereocenters. The highest BCUT2D eigenvalue weighted by atomic mass is 35.5. The summed E-state index contributed by atoms with van der Waals surface area (Å²) in [7, 11) is 0. The lowest BCUT2D eigenvalue weighted by atomic mass is 10.1. The molecule has 2 N–H and O–H groups in total. The Morgan fingerprint density at radius 1 is 0.865 bits per heavy atom. The van der Waals surface area contributed by atoms with Crippen molar-refractivity contribution in [1.29, 1.82) is 0 Å². The summed E-state index contributed by atoms with van der Waals surface area (Å²) in [5.41, 5.74) is 0.442. The molecular weight excluding hydrogens is 568 g/mol. The Hall–Kier alpha value is -2.85. The molecule has 0 aromatic heterocycles. The van der Waals surface area contributed by atoms with E-state index in [1.54, 1.807) is 24.3 Å². The number of rotatable bonds is 9. The molecule has 0 aliphatic carbocycles. The fourth-order valence-corrected chi connectivity index (χ4v) is 4.68. The Kier molecular flexibility index (Phi) is 9.41. The van der Waals surface area contributed by atoms with Crippen molar-refractivity contribution in [3.8, 4) is 0 Å². The number of imide groups is 1. The molecule has 0 fully saturated rings. The fourth-order valence-electron chi connectivity index (χ4n) is 3.67. The number of nitrogens with zero attached hydrogens (tertiary/aromatic N) is 1. The van der Waals surface area contributed by atoms with E-state index in [9.17, 15) is 24.0 Å². The number of halogens is 4. The number of hydrogen-bond donors (Lipinski definition) is 2. The summed E-state index contributed by atoms with van der Waals surface area (Å²) in [6.07, 6.45) is 1.22. The summed E-state index contributed by atoms with van der Waals surface area (Å²) in [5.74, 6) is -3.58. The molecule has 2 aromatic carbocycles. The first kappa shape index (κ1) is 28.7. The highest BCUT2D eigenvalue weighted by molar-refractivity contribution is 6.55. The summed E-state index contributed by atoms with van der Waals surface area (Å²) in [6, 6.07) is 4.94. The summed E-state index contributed by atoms with van der Waals surface area (Å²) in [4.78, 5) is 63.5. The van der Waals surface area contributed by atoms with Gasteiger partial charge in [0.15, 0.2) is 6.61 Å². The van der Waals surface area contributed by atoms with E-state index < -0.39 is 36.3 Å². The van der Waals surface area contributed by atoms with Crippen LogP contribution in [0.25, 0.3) is 0 Å². The number of carbonyl (C=O) groups is 5. The standard InChI is InChI=1S/C24H21Cl4N3O6/c1-3-4-5-14(31-22(34)16-17(23(31)35)19(26)21(28)20(27)18(16)25)24(36)37-10-15(33)30-13-8-6-12(7-9-13)29-11(2)32/h6-9,14H,3-5,10H2,1-2H3,(H,29,32)(H,30,33)/t14-/m0/s1. The van der Waals surface area contributed by atoms with E-state index in [2.05, 4.69) is 10.6 Å². The van der Waals surface area contributed by atoms with Gasteiger partial charge < -0.3 is 15.4 Å². The summed E-state index contributed by atoms with van der Waals surface area (Å²) >= 11 is 24.5. The second-order valence-corrected chi connectivity index (χ2v) is 9.57. The Balaban J connectivity index is 1.74. The molecule has 3 rings (SSSR count). The van der Waals surface area contributed by atoms with Gasteiger partial charge in [0, 0.05) is 18.3 Å². The van der Waals surface area contributed by atoms with Crippen molar-refractivity contribution < 1.29 is 28.7 Å². The maximum Gasteiger partial charge on any atom is 0.329 e. The van der Waals surface area contributed by atoms with Gasteiger partial charge in [0.05, 0.1) is 31.2 Å². The van der Waals surface area contributed by atoms with Crippen LogP contribution in [-0.2, 0) is 19.1 Å². The average molecular weight is 589 g/mol. The quantitative estimate of drug-likeness (QED) is 0.170. The second kappa shape index (κ2) is 12.1. The number of ether oxygens (including phenoxy) is 1. The van der Waals surface area contributed by atoms with E-state index in [1.165, 1.54) is 6.92 Å². The number of unbranched alkanes of at least 4 members (excludes halogenated alkanes) is 1. The van der Waals surface area contributed by atoms with Gasteiger partial charge in [0.25, 0.3) is 17.7 Å². The third-order valence-corrected chi connectivity index (χ3v) is 7.18. The Morgan fingerprint density at radius 3 is 1.81 bits per heavy atom. The average Bonchev–Trinajstić information content (AvgIpc) is 3.11. The third kappa shape index (κ3) is 6.18. The Bertz CT molecular complexity index is 1240. The van der Waals surface area contributed by atoms with Crippen LogP contribution in [-0.4, -0.2) is 47.1 Å². The maximum atomic E-state index is 13.2. The van der Waals surface area contributed by atoms with Crippen molar-refractivity contribution in [3.63, 3.8) is 0 Å². The normalized spacial score (nSPS) is 13.3. The maximum absolute atomic E-state index is 13.2. The minimum Gasteiger partial charge on any atom is -0.454 e. The minimum atomic E-state index is -1.33. The molecule has 1 aliphatic heterocycles. The molecule has 13 heteroatoms. The highest BCUT2D eigenvalue weighted by Gasteiger charge is 2.47. The number of carbonyl (C=O) groups excluding carboxylic acids is 5. The van der Waals surface area contributed by atoms with Crippen molar-refractivity contribution in [2.75, 3.05) is 17.2 Å². The van der Waals surface area contributed by atoms with Crippen LogP contribution in [0.2, 0.25) is 20.1 Å². The number of fused-ring (bicyclic) bond motifs is 1. The van der Waals surface area contributed by atoms with Crippen molar-refractivity contribution in [1.82, 2.24) is 4.90 Å². The van der Waals surface area contributed by atoms with E-state index >= 15 is 0 Å². The van der Waals surface area contributed by atoms with Crippen LogP contribution in [0, 0.1) is 0 Å². The van der Waals surface area contributed by atoms with Gasteiger partial charge in [-0.3, -0.25) is 24.1 Å². The zero-order valence-corrected chi connectivity index (χ0v) is 22.6. The van der Waals surface area contributed by atoms with E-state index in [1.807, 2.05) is 6.92 Å². The number of anilines is 2. The number of esters is 1. The first-order chi connectivity index (χ1) is 17.5. The van der Waals surface area contributed by atoms with Crippen LogP contribution >= 0.6 is 46.4 Å². The minimum absolute atomic E-state index is 0.0870. The number of hydrogen-bond acceptors (Lipinski definition) is 6. The van der Waals surface area contributed by atoms with Crippen LogP contribution in [0.1, 0.15) is 53.8 Å². The monoisotopic (exact) mass is 587 g/mol. The van der Waals surface area contributed by atoms with Gasteiger partial charge >= 0.3 is 5.97 Å². The second-order valence-electron chi connectivity index (χ2n) is 8.06. The van der Waals surface area contributed by atoms with Gasteiger partial charge in [-0.25, -0.2) is 4.79 Å². The molecule has 0 saturated carbocycles. The molecule has 0 spiro atoms. The molecule has 0 radical (unpaired) electrons. The first-order valence-corrected chi connectivity index (χ1v) is 12.6. The van der Waals surface area contributed by atoms with Gasteiger partial charge in [-0.2, -0.15) is 0 Å². The van der Waals surface area contributed by atoms with Crippen molar-refractivity contribution in [3.05, 3.63) is 55.5 Å². The lowest BCUT2D eigenvalue weighted by Crippen LogP contribution is -2.46. The highest BCUT2D eigenvalue weighted by Crippen LogP contribution is 2.45. The Labute approximate surface area is 232 Å². The van der Waals surface area contributed by atoms with Crippen molar-refractivity contribution >= 4 is 87.4 Å². The zero-order chi connectivity index (χ0) is 27.4. The van der Waals surface area contributed by atoms with Crippen LogP contribution in [0.15, 0.2) is 24.3 Å². The predicted molar refractivity (Wildman–Crippen MR) is 141 cm³/mol. The van der Waals surface area contributed by atoms with Gasteiger partial charge in [0.2, 0.25) is 5.91 Å². The number of benzene rings is 2. The van der Waals surface area contributed by atoms with Crippen molar-refractivity contribution in [2.24, 2.45) is 0 Å². The fraction of sp³-hybridized carbons (Fsp3) is 0.292. The summed E-state index contributed by atoms with van der Waals surface area (Å²) in [5, 5.41) is 4.26.